The van der Waals surface area contributed by atoms with Gasteiger partial charge >= 0.3 is 0 Å². The highest BCUT2D eigenvalue weighted by molar-refractivity contribution is 7.90. The predicted molar refractivity (Wildman–Crippen MR) is 83.9 cm³/mol. The Morgan fingerprint density at radius 2 is 2.10 bits per heavy atom. The lowest BCUT2D eigenvalue weighted by atomic mass is 10.2. The van der Waals surface area contributed by atoms with Gasteiger partial charge in [-0.25, -0.2) is 8.42 Å². The fourth-order valence-corrected chi connectivity index (χ4v) is 2.38. The summed E-state index contributed by atoms with van der Waals surface area (Å²) in [5.74, 6) is 0.152. The van der Waals surface area contributed by atoms with Crippen molar-refractivity contribution in [2.75, 3.05) is 37.0 Å². The summed E-state index contributed by atoms with van der Waals surface area (Å²) in [7, 11) is -1.06. The number of pyridine rings is 1. The molecule has 20 heavy (non-hydrogen) atoms. The highest BCUT2D eigenvalue weighted by Gasteiger charge is 2.09. The van der Waals surface area contributed by atoms with Crippen LogP contribution in [0.2, 0.25) is 0 Å². The fraction of sp³-hybridized carbons (Fsp3) is 0.643. The first-order valence-corrected chi connectivity index (χ1v) is 8.97. The standard InChI is InChI=1S/C14H25N3O2S/c1-5-8-15-12(2)14-7-6-13(11-16-14)17(3)9-10-20(4,18)19/h6-7,11-12,15H,5,8-10H2,1-4H3. The summed E-state index contributed by atoms with van der Waals surface area (Å²) in [6.07, 6.45) is 4.14. The van der Waals surface area contributed by atoms with E-state index < -0.39 is 9.84 Å². The number of nitrogens with zero attached hydrogens (tertiary/aromatic N) is 2. The lowest BCUT2D eigenvalue weighted by molar-refractivity contribution is 0.558. The second kappa shape index (κ2) is 7.59. The van der Waals surface area contributed by atoms with E-state index in [0.717, 1.165) is 24.3 Å². The monoisotopic (exact) mass is 299 g/mol. The molecule has 1 atom stereocenters. The smallest absolute Gasteiger partial charge is 0.149 e. The summed E-state index contributed by atoms with van der Waals surface area (Å²) in [4.78, 5) is 6.35. The molecule has 1 N–H and O–H groups in total. The van der Waals surface area contributed by atoms with E-state index in [1.807, 2.05) is 24.1 Å². The molecular weight excluding hydrogens is 274 g/mol. The maximum atomic E-state index is 11.2. The maximum absolute atomic E-state index is 11.2. The normalized spacial score (nSPS) is 13.2. The first-order chi connectivity index (χ1) is 9.33. The minimum Gasteiger partial charge on any atom is -0.372 e. The quantitative estimate of drug-likeness (QED) is 0.790. The van der Waals surface area contributed by atoms with Crippen LogP contribution in [0.25, 0.3) is 0 Å². The Balaban J connectivity index is 2.61. The van der Waals surface area contributed by atoms with Crippen LogP contribution in [0.15, 0.2) is 18.3 Å². The minimum atomic E-state index is -2.93. The molecule has 0 fully saturated rings. The fourth-order valence-electron chi connectivity index (χ4n) is 1.78. The van der Waals surface area contributed by atoms with Crippen molar-refractivity contribution in [3.63, 3.8) is 0 Å². The molecule has 1 aromatic rings. The van der Waals surface area contributed by atoms with E-state index in [4.69, 9.17) is 0 Å². The summed E-state index contributed by atoms with van der Waals surface area (Å²) in [5, 5.41) is 3.39. The molecule has 1 unspecified atom stereocenters. The summed E-state index contributed by atoms with van der Waals surface area (Å²) in [6.45, 7) is 5.67. The Morgan fingerprint density at radius 1 is 1.40 bits per heavy atom. The highest BCUT2D eigenvalue weighted by atomic mass is 32.2. The number of nitrogens with one attached hydrogen (secondary N) is 1. The molecule has 0 bridgehead atoms. The third-order valence-electron chi connectivity index (χ3n) is 3.15. The average molecular weight is 299 g/mol. The Hall–Kier alpha value is -1.14. The van der Waals surface area contributed by atoms with Crippen LogP contribution in [0, 0.1) is 0 Å². The number of hydrogen-bond donors (Lipinski definition) is 1. The molecule has 0 aromatic carbocycles. The maximum Gasteiger partial charge on any atom is 0.149 e. The number of aromatic nitrogens is 1. The Labute approximate surface area is 122 Å². The third-order valence-corrected chi connectivity index (χ3v) is 4.08. The van der Waals surface area contributed by atoms with Crippen molar-refractivity contribution < 1.29 is 8.42 Å². The zero-order valence-corrected chi connectivity index (χ0v) is 13.6. The third kappa shape index (κ3) is 5.88. The van der Waals surface area contributed by atoms with E-state index in [1.54, 1.807) is 6.20 Å². The van der Waals surface area contributed by atoms with Gasteiger partial charge < -0.3 is 10.2 Å². The van der Waals surface area contributed by atoms with Crippen LogP contribution < -0.4 is 10.2 Å². The highest BCUT2D eigenvalue weighted by Crippen LogP contribution is 2.15. The van der Waals surface area contributed by atoms with E-state index in [2.05, 4.69) is 24.1 Å². The Kier molecular flexibility index (Phi) is 6.42. The van der Waals surface area contributed by atoms with Crippen molar-refractivity contribution in [3.8, 4) is 0 Å². The molecule has 114 valence electrons. The minimum absolute atomic E-state index is 0.152. The molecule has 0 radical (unpaired) electrons. The summed E-state index contributed by atoms with van der Waals surface area (Å²) in [5.41, 5.74) is 1.93. The van der Waals surface area contributed by atoms with Gasteiger partial charge in [0.05, 0.1) is 23.3 Å². The van der Waals surface area contributed by atoms with Gasteiger partial charge in [-0.15, -0.1) is 0 Å². The second-order valence-corrected chi connectivity index (χ2v) is 7.43. The Morgan fingerprint density at radius 3 is 2.60 bits per heavy atom. The van der Waals surface area contributed by atoms with Crippen LogP contribution in [0.3, 0.4) is 0 Å². The van der Waals surface area contributed by atoms with Gasteiger partial charge in [-0.05, 0) is 32.0 Å². The number of anilines is 1. The molecule has 0 saturated carbocycles. The van der Waals surface area contributed by atoms with Gasteiger partial charge in [0.15, 0.2) is 0 Å². The SMILES string of the molecule is CCCNC(C)c1ccc(N(C)CCS(C)(=O)=O)cn1. The zero-order chi connectivity index (χ0) is 15.2. The zero-order valence-electron chi connectivity index (χ0n) is 12.8. The second-order valence-electron chi connectivity index (χ2n) is 5.17. The molecule has 5 nitrogen and oxygen atoms in total. The first kappa shape index (κ1) is 16.9. The van der Waals surface area contributed by atoms with Gasteiger partial charge in [0.25, 0.3) is 0 Å². The van der Waals surface area contributed by atoms with Crippen LogP contribution in [-0.4, -0.2) is 45.5 Å². The van der Waals surface area contributed by atoms with Gasteiger partial charge in [0.1, 0.15) is 9.84 Å². The summed E-state index contributed by atoms with van der Waals surface area (Å²) in [6, 6.07) is 4.19. The lowest BCUT2D eigenvalue weighted by Crippen LogP contribution is -2.25. The van der Waals surface area contributed by atoms with Crippen molar-refractivity contribution in [1.29, 1.82) is 0 Å². The number of rotatable bonds is 8. The first-order valence-electron chi connectivity index (χ1n) is 6.91. The van der Waals surface area contributed by atoms with Crippen molar-refractivity contribution in [3.05, 3.63) is 24.0 Å². The van der Waals surface area contributed by atoms with Crippen LogP contribution in [0.5, 0.6) is 0 Å². The van der Waals surface area contributed by atoms with Crippen molar-refractivity contribution in [2.24, 2.45) is 0 Å². The van der Waals surface area contributed by atoms with Gasteiger partial charge in [0, 0.05) is 25.9 Å². The van der Waals surface area contributed by atoms with Gasteiger partial charge in [-0.3, -0.25) is 4.98 Å². The number of hydrogen-bond acceptors (Lipinski definition) is 5. The largest absolute Gasteiger partial charge is 0.372 e. The van der Waals surface area contributed by atoms with E-state index in [-0.39, 0.29) is 11.8 Å². The van der Waals surface area contributed by atoms with Crippen LogP contribution in [-0.2, 0) is 9.84 Å². The molecular formula is C14H25N3O2S. The van der Waals surface area contributed by atoms with Gasteiger partial charge in [0.2, 0.25) is 0 Å². The average Bonchev–Trinajstić information content (AvgIpc) is 2.41. The molecule has 1 aromatic heterocycles. The van der Waals surface area contributed by atoms with Crippen molar-refractivity contribution in [1.82, 2.24) is 10.3 Å². The molecule has 1 heterocycles. The van der Waals surface area contributed by atoms with E-state index >= 15 is 0 Å². The molecule has 0 amide bonds. The summed E-state index contributed by atoms with van der Waals surface area (Å²) >= 11 is 0. The van der Waals surface area contributed by atoms with Crippen LogP contribution in [0.4, 0.5) is 5.69 Å². The van der Waals surface area contributed by atoms with E-state index in [1.165, 1.54) is 6.26 Å². The molecule has 0 aliphatic carbocycles. The lowest BCUT2D eigenvalue weighted by Gasteiger charge is -2.19. The number of sulfone groups is 1. The Bertz CT molecular complexity index is 500. The molecule has 0 spiro atoms. The van der Waals surface area contributed by atoms with E-state index in [9.17, 15) is 8.42 Å². The van der Waals surface area contributed by atoms with Crippen LogP contribution >= 0.6 is 0 Å². The van der Waals surface area contributed by atoms with Crippen molar-refractivity contribution in [2.45, 2.75) is 26.3 Å². The van der Waals surface area contributed by atoms with Crippen molar-refractivity contribution >= 4 is 15.5 Å². The predicted octanol–water partition coefficient (Wildman–Crippen LogP) is 1.62. The molecule has 0 aliphatic heterocycles. The molecule has 6 heteroatoms. The topological polar surface area (TPSA) is 62.3 Å². The molecule has 0 aliphatic rings. The molecule has 0 saturated heterocycles. The van der Waals surface area contributed by atoms with Crippen LogP contribution in [0.1, 0.15) is 32.0 Å². The summed E-state index contributed by atoms with van der Waals surface area (Å²) < 4.78 is 22.3. The van der Waals surface area contributed by atoms with Gasteiger partial charge in [-0.1, -0.05) is 6.92 Å². The molecule has 1 rings (SSSR count). The van der Waals surface area contributed by atoms with Gasteiger partial charge in [-0.2, -0.15) is 0 Å². The van der Waals surface area contributed by atoms with E-state index in [0.29, 0.717) is 6.54 Å².